The predicted molar refractivity (Wildman–Crippen MR) is 83.6 cm³/mol. The third-order valence-electron chi connectivity index (χ3n) is 2.80. The lowest BCUT2D eigenvalue weighted by molar-refractivity contribution is 0.473. The second-order valence-corrected chi connectivity index (χ2v) is 8.77. The van der Waals surface area contributed by atoms with Crippen molar-refractivity contribution < 1.29 is 13.5 Å². The minimum atomic E-state index is -3.57. The molecule has 0 aliphatic heterocycles. The van der Waals surface area contributed by atoms with E-state index in [1.54, 1.807) is 37.3 Å². The third kappa shape index (κ3) is 3.41. The molecular formula is C13H14BrNO3S2. The Morgan fingerprint density at radius 3 is 2.60 bits per heavy atom. The summed E-state index contributed by atoms with van der Waals surface area (Å²) in [5, 5.41) is 9.44. The van der Waals surface area contributed by atoms with Gasteiger partial charge in [-0.15, -0.1) is 11.3 Å². The van der Waals surface area contributed by atoms with E-state index < -0.39 is 16.1 Å². The molecule has 108 valence electrons. The molecule has 4 nitrogen and oxygen atoms in total. The Kier molecular flexibility index (Phi) is 4.53. The van der Waals surface area contributed by atoms with E-state index in [1.165, 1.54) is 11.3 Å². The largest absolute Gasteiger partial charge is 0.508 e. The predicted octanol–water partition coefficient (Wildman–Crippen LogP) is 3.56. The van der Waals surface area contributed by atoms with Crippen LogP contribution in [0.4, 0.5) is 0 Å². The molecule has 1 heterocycles. The summed E-state index contributed by atoms with van der Waals surface area (Å²) in [4.78, 5) is 0. The van der Waals surface area contributed by atoms with Gasteiger partial charge in [-0.1, -0.05) is 12.1 Å². The molecule has 0 saturated heterocycles. The van der Waals surface area contributed by atoms with Crippen molar-refractivity contribution in [2.24, 2.45) is 0 Å². The van der Waals surface area contributed by atoms with Crippen LogP contribution in [0.5, 0.6) is 5.75 Å². The average Bonchev–Trinajstić information content (AvgIpc) is 2.70. The Hall–Kier alpha value is -0.890. The number of aryl methyl sites for hydroxylation is 1. The maximum atomic E-state index is 12.3. The number of rotatable bonds is 4. The van der Waals surface area contributed by atoms with Gasteiger partial charge >= 0.3 is 0 Å². The molecule has 0 spiro atoms. The quantitative estimate of drug-likeness (QED) is 0.858. The van der Waals surface area contributed by atoms with Crippen LogP contribution in [0.1, 0.15) is 24.1 Å². The lowest BCUT2D eigenvalue weighted by Gasteiger charge is -2.14. The second-order valence-electron chi connectivity index (χ2n) is 4.46. The molecule has 0 radical (unpaired) electrons. The summed E-state index contributed by atoms with van der Waals surface area (Å²) >= 11 is 4.50. The van der Waals surface area contributed by atoms with Crippen LogP contribution in [0, 0.1) is 6.92 Å². The number of halogens is 1. The van der Waals surface area contributed by atoms with Crippen LogP contribution in [0.15, 0.2) is 38.3 Å². The summed E-state index contributed by atoms with van der Waals surface area (Å²) in [6, 6.07) is 7.75. The van der Waals surface area contributed by atoms with E-state index in [2.05, 4.69) is 20.7 Å². The fourth-order valence-electron chi connectivity index (χ4n) is 1.72. The number of benzene rings is 1. The van der Waals surface area contributed by atoms with Crippen molar-refractivity contribution in [1.29, 1.82) is 0 Å². The van der Waals surface area contributed by atoms with E-state index in [0.29, 0.717) is 5.56 Å². The lowest BCUT2D eigenvalue weighted by Crippen LogP contribution is -2.26. The Morgan fingerprint density at radius 2 is 2.05 bits per heavy atom. The lowest BCUT2D eigenvalue weighted by atomic mass is 10.1. The maximum Gasteiger partial charge on any atom is 0.250 e. The van der Waals surface area contributed by atoms with Gasteiger partial charge in [-0.3, -0.25) is 0 Å². The molecule has 0 bridgehead atoms. The highest BCUT2D eigenvalue weighted by Crippen LogP contribution is 2.31. The number of phenols is 1. The zero-order valence-corrected chi connectivity index (χ0v) is 14.1. The molecule has 0 aliphatic carbocycles. The zero-order valence-electron chi connectivity index (χ0n) is 10.9. The van der Waals surface area contributed by atoms with E-state index in [0.717, 1.165) is 9.35 Å². The average molecular weight is 376 g/mol. The van der Waals surface area contributed by atoms with Crippen molar-refractivity contribution in [2.45, 2.75) is 24.1 Å². The van der Waals surface area contributed by atoms with Crippen LogP contribution >= 0.6 is 27.3 Å². The molecule has 2 aromatic rings. The van der Waals surface area contributed by atoms with E-state index >= 15 is 0 Å². The van der Waals surface area contributed by atoms with Crippen molar-refractivity contribution in [2.75, 3.05) is 0 Å². The van der Waals surface area contributed by atoms with E-state index in [1.807, 2.05) is 6.92 Å². The highest BCUT2D eigenvalue weighted by molar-refractivity contribution is 9.11. The van der Waals surface area contributed by atoms with Gasteiger partial charge in [-0.2, -0.15) is 0 Å². The molecule has 2 N–H and O–H groups in total. The minimum Gasteiger partial charge on any atom is -0.508 e. The van der Waals surface area contributed by atoms with Gasteiger partial charge in [0.05, 0.1) is 3.79 Å². The number of aromatic hydroxyl groups is 1. The molecule has 1 atom stereocenters. The number of hydrogen-bond acceptors (Lipinski definition) is 4. The molecule has 1 unspecified atom stereocenters. The maximum absolute atomic E-state index is 12.3. The summed E-state index contributed by atoms with van der Waals surface area (Å²) in [6.07, 6.45) is 0. The highest BCUT2D eigenvalue weighted by Gasteiger charge is 2.21. The molecule has 2 rings (SSSR count). The van der Waals surface area contributed by atoms with Crippen molar-refractivity contribution in [1.82, 2.24) is 4.72 Å². The summed E-state index contributed by atoms with van der Waals surface area (Å²) in [5.74, 6) is 0.114. The number of nitrogens with one attached hydrogen (secondary N) is 1. The molecule has 0 amide bonds. The van der Waals surface area contributed by atoms with Gasteiger partial charge in [0, 0.05) is 6.04 Å². The van der Waals surface area contributed by atoms with E-state index in [-0.39, 0.29) is 9.96 Å². The minimum absolute atomic E-state index is 0.114. The number of thiophene rings is 1. The molecule has 0 saturated carbocycles. The van der Waals surface area contributed by atoms with Crippen LogP contribution in [0.3, 0.4) is 0 Å². The van der Waals surface area contributed by atoms with Crippen LogP contribution in [-0.4, -0.2) is 13.5 Å². The van der Waals surface area contributed by atoms with Gasteiger partial charge < -0.3 is 5.11 Å². The number of hydrogen-bond donors (Lipinski definition) is 2. The standard InChI is InChI=1S/C13H14BrNO3S2/c1-8-6-12(19-13(8)14)20(17,18)15-9(2)10-4-3-5-11(16)7-10/h3-7,9,15-16H,1-2H3. The molecule has 20 heavy (non-hydrogen) atoms. The molecule has 7 heteroatoms. The van der Waals surface area contributed by atoms with Crippen molar-refractivity contribution >= 4 is 37.3 Å². The molecule has 1 aromatic heterocycles. The van der Waals surface area contributed by atoms with Gasteiger partial charge in [0.25, 0.3) is 10.0 Å². The first-order valence-corrected chi connectivity index (χ1v) is 8.96. The first-order valence-electron chi connectivity index (χ1n) is 5.87. The van der Waals surface area contributed by atoms with Crippen LogP contribution in [-0.2, 0) is 10.0 Å². The molecule has 0 aliphatic rings. The first kappa shape index (κ1) is 15.5. The Morgan fingerprint density at radius 1 is 1.35 bits per heavy atom. The van der Waals surface area contributed by atoms with E-state index in [9.17, 15) is 13.5 Å². The van der Waals surface area contributed by atoms with Crippen molar-refractivity contribution in [3.05, 3.63) is 45.2 Å². The Labute approximate surface area is 130 Å². The van der Waals surface area contributed by atoms with Gasteiger partial charge in [-0.25, -0.2) is 13.1 Å². The monoisotopic (exact) mass is 375 g/mol. The fourth-order valence-corrected chi connectivity index (χ4v) is 5.19. The topological polar surface area (TPSA) is 66.4 Å². The SMILES string of the molecule is Cc1cc(S(=O)(=O)NC(C)c2cccc(O)c2)sc1Br. The summed E-state index contributed by atoms with van der Waals surface area (Å²) in [7, 11) is -3.57. The smallest absolute Gasteiger partial charge is 0.250 e. The number of phenolic OH excluding ortho intramolecular Hbond substituents is 1. The van der Waals surface area contributed by atoms with Gasteiger partial charge in [-0.05, 0) is 59.1 Å². The van der Waals surface area contributed by atoms with Crippen LogP contribution < -0.4 is 4.72 Å². The van der Waals surface area contributed by atoms with Crippen molar-refractivity contribution in [3.63, 3.8) is 0 Å². The molecular weight excluding hydrogens is 362 g/mol. The third-order valence-corrected chi connectivity index (χ3v) is 6.95. The van der Waals surface area contributed by atoms with Gasteiger partial charge in [0.1, 0.15) is 9.96 Å². The van der Waals surface area contributed by atoms with Crippen LogP contribution in [0.25, 0.3) is 0 Å². The molecule has 1 aromatic carbocycles. The van der Waals surface area contributed by atoms with Gasteiger partial charge in [0.15, 0.2) is 0 Å². The number of sulfonamides is 1. The normalized spacial score (nSPS) is 13.3. The highest BCUT2D eigenvalue weighted by atomic mass is 79.9. The van der Waals surface area contributed by atoms with Gasteiger partial charge in [0.2, 0.25) is 0 Å². The van der Waals surface area contributed by atoms with Crippen LogP contribution in [0.2, 0.25) is 0 Å². The molecule has 0 fully saturated rings. The van der Waals surface area contributed by atoms with E-state index in [4.69, 9.17) is 0 Å². The summed E-state index contributed by atoms with van der Waals surface area (Å²) < 4.78 is 28.3. The van der Waals surface area contributed by atoms with Crippen molar-refractivity contribution in [3.8, 4) is 5.75 Å². The Balaban J connectivity index is 2.24. The fraction of sp³-hybridized carbons (Fsp3) is 0.231. The zero-order chi connectivity index (χ0) is 14.9. The second kappa shape index (κ2) is 5.85. The Bertz CT molecular complexity index is 705. The first-order chi connectivity index (χ1) is 9.29. The summed E-state index contributed by atoms with van der Waals surface area (Å²) in [5.41, 5.74) is 1.60. The summed E-state index contributed by atoms with van der Waals surface area (Å²) in [6.45, 7) is 3.58.